The van der Waals surface area contributed by atoms with Gasteiger partial charge >= 0.3 is 0 Å². The highest BCUT2D eigenvalue weighted by molar-refractivity contribution is 6.33. The molecule has 2 aromatic carbocycles. The first-order valence-electron chi connectivity index (χ1n) is 6.50. The van der Waals surface area contributed by atoms with Crippen molar-refractivity contribution in [3.8, 4) is 11.1 Å². The van der Waals surface area contributed by atoms with Crippen LogP contribution in [0.2, 0.25) is 5.02 Å². The molecule has 2 aromatic rings. The van der Waals surface area contributed by atoms with Gasteiger partial charge in [-0.05, 0) is 36.0 Å². The fraction of sp³-hybridized carbons (Fsp3) is 0.294. The number of aryl methyl sites for hydroxylation is 1. The van der Waals surface area contributed by atoms with Crippen LogP contribution in [0.4, 0.5) is 0 Å². The van der Waals surface area contributed by atoms with Crippen molar-refractivity contribution in [3.05, 3.63) is 59.1 Å². The molecule has 0 atom stereocenters. The molecule has 0 aromatic heterocycles. The van der Waals surface area contributed by atoms with Gasteiger partial charge in [-0.15, -0.1) is 0 Å². The molecule has 0 unspecified atom stereocenters. The summed E-state index contributed by atoms with van der Waals surface area (Å²) in [6.45, 7) is 4.50. The van der Waals surface area contributed by atoms with Gasteiger partial charge < -0.3 is 0 Å². The molecule has 0 spiro atoms. The summed E-state index contributed by atoms with van der Waals surface area (Å²) >= 11 is 6.38. The van der Waals surface area contributed by atoms with Crippen LogP contribution < -0.4 is 0 Å². The number of halogens is 1. The van der Waals surface area contributed by atoms with E-state index in [1.54, 1.807) is 0 Å². The van der Waals surface area contributed by atoms with Gasteiger partial charge in [-0.3, -0.25) is 0 Å². The van der Waals surface area contributed by atoms with Crippen molar-refractivity contribution in [2.75, 3.05) is 0 Å². The van der Waals surface area contributed by atoms with E-state index in [4.69, 9.17) is 11.6 Å². The lowest BCUT2D eigenvalue weighted by Gasteiger charge is -2.09. The zero-order chi connectivity index (χ0) is 13.0. The van der Waals surface area contributed by atoms with Crippen LogP contribution in [0.5, 0.6) is 0 Å². The second-order valence-corrected chi connectivity index (χ2v) is 5.52. The Morgan fingerprint density at radius 3 is 2.33 bits per heavy atom. The van der Waals surface area contributed by atoms with E-state index in [9.17, 15) is 0 Å². The Morgan fingerprint density at radius 1 is 1.00 bits per heavy atom. The summed E-state index contributed by atoms with van der Waals surface area (Å²) in [5, 5.41) is 0.849. The molecule has 0 fully saturated rings. The average molecular weight is 259 g/mol. The average Bonchev–Trinajstić information content (AvgIpc) is 2.37. The van der Waals surface area contributed by atoms with Gasteiger partial charge in [0.25, 0.3) is 0 Å². The molecular weight excluding hydrogens is 240 g/mol. The molecule has 0 bridgehead atoms. The summed E-state index contributed by atoms with van der Waals surface area (Å²) in [6.07, 6.45) is 2.31. The minimum Gasteiger partial charge on any atom is -0.0837 e. The van der Waals surface area contributed by atoms with Crippen LogP contribution in [-0.2, 0) is 6.42 Å². The predicted molar refractivity (Wildman–Crippen MR) is 80.0 cm³/mol. The van der Waals surface area contributed by atoms with E-state index in [0.717, 1.165) is 22.9 Å². The Balaban J connectivity index is 2.20. The molecule has 0 aliphatic heterocycles. The molecule has 94 valence electrons. The summed E-state index contributed by atoms with van der Waals surface area (Å²) in [7, 11) is 0. The van der Waals surface area contributed by atoms with Crippen molar-refractivity contribution < 1.29 is 0 Å². The Hall–Kier alpha value is -1.27. The van der Waals surface area contributed by atoms with E-state index in [2.05, 4.69) is 44.2 Å². The van der Waals surface area contributed by atoms with Crippen molar-refractivity contribution in [2.45, 2.75) is 26.7 Å². The first kappa shape index (κ1) is 13.2. The Labute approximate surface area is 115 Å². The van der Waals surface area contributed by atoms with Crippen LogP contribution in [0.25, 0.3) is 11.1 Å². The minimum absolute atomic E-state index is 0.734. The van der Waals surface area contributed by atoms with Crippen LogP contribution in [0.15, 0.2) is 48.5 Å². The standard InChI is InChI=1S/C17H19Cl/c1-13(2)8-9-14-10-11-16(17(18)12-14)15-6-4-3-5-7-15/h3-7,10-13H,8-9H2,1-2H3. The van der Waals surface area contributed by atoms with Crippen molar-refractivity contribution in [2.24, 2.45) is 5.92 Å². The highest BCUT2D eigenvalue weighted by Crippen LogP contribution is 2.29. The van der Waals surface area contributed by atoms with Crippen LogP contribution in [-0.4, -0.2) is 0 Å². The van der Waals surface area contributed by atoms with Gasteiger partial charge in [0.1, 0.15) is 0 Å². The van der Waals surface area contributed by atoms with E-state index >= 15 is 0 Å². The summed E-state index contributed by atoms with van der Waals surface area (Å²) in [5.41, 5.74) is 3.62. The summed E-state index contributed by atoms with van der Waals surface area (Å²) in [6, 6.07) is 16.7. The van der Waals surface area contributed by atoms with Gasteiger partial charge in [0.2, 0.25) is 0 Å². The number of rotatable bonds is 4. The second kappa shape index (κ2) is 6.06. The molecule has 0 nitrogen and oxygen atoms in total. The molecule has 0 amide bonds. The summed E-state index contributed by atoms with van der Waals surface area (Å²) in [5.74, 6) is 0.734. The Morgan fingerprint density at radius 2 is 1.72 bits per heavy atom. The molecule has 0 aliphatic rings. The zero-order valence-electron chi connectivity index (χ0n) is 11.0. The van der Waals surface area contributed by atoms with E-state index in [0.29, 0.717) is 0 Å². The third-order valence-electron chi connectivity index (χ3n) is 3.13. The number of hydrogen-bond acceptors (Lipinski definition) is 0. The predicted octanol–water partition coefficient (Wildman–Crippen LogP) is 5.60. The zero-order valence-corrected chi connectivity index (χ0v) is 11.7. The second-order valence-electron chi connectivity index (χ2n) is 5.11. The lowest BCUT2D eigenvalue weighted by atomic mass is 9.99. The van der Waals surface area contributed by atoms with Gasteiger partial charge in [0, 0.05) is 10.6 Å². The van der Waals surface area contributed by atoms with Crippen LogP contribution in [0.1, 0.15) is 25.8 Å². The van der Waals surface area contributed by atoms with E-state index in [-0.39, 0.29) is 0 Å². The van der Waals surface area contributed by atoms with Crippen molar-refractivity contribution in [1.29, 1.82) is 0 Å². The van der Waals surface area contributed by atoms with Crippen LogP contribution >= 0.6 is 11.6 Å². The molecule has 18 heavy (non-hydrogen) atoms. The Kier molecular flexibility index (Phi) is 4.43. The molecule has 0 saturated heterocycles. The first-order valence-corrected chi connectivity index (χ1v) is 6.88. The molecule has 0 heterocycles. The maximum absolute atomic E-state index is 6.38. The maximum atomic E-state index is 6.38. The summed E-state index contributed by atoms with van der Waals surface area (Å²) < 4.78 is 0. The van der Waals surface area contributed by atoms with Crippen molar-refractivity contribution in [1.82, 2.24) is 0 Å². The normalized spacial score (nSPS) is 10.9. The van der Waals surface area contributed by atoms with E-state index in [1.807, 2.05) is 18.2 Å². The summed E-state index contributed by atoms with van der Waals surface area (Å²) in [4.78, 5) is 0. The third-order valence-corrected chi connectivity index (χ3v) is 3.44. The van der Waals surface area contributed by atoms with Gasteiger partial charge in [0.05, 0.1) is 0 Å². The molecule has 1 heteroatoms. The van der Waals surface area contributed by atoms with Crippen molar-refractivity contribution in [3.63, 3.8) is 0 Å². The highest BCUT2D eigenvalue weighted by atomic mass is 35.5. The lowest BCUT2D eigenvalue weighted by molar-refractivity contribution is 0.587. The minimum atomic E-state index is 0.734. The molecule has 2 rings (SSSR count). The first-order chi connectivity index (χ1) is 8.66. The van der Waals surface area contributed by atoms with E-state index < -0.39 is 0 Å². The van der Waals surface area contributed by atoms with Crippen LogP contribution in [0, 0.1) is 5.92 Å². The van der Waals surface area contributed by atoms with Gasteiger partial charge in [-0.2, -0.15) is 0 Å². The fourth-order valence-electron chi connectivity index (χ4n) is 2.02. The van der Waals surface area contributed by atoms with E-state index in [1.165, 1.54) is 17.5 Å². The Bertz CT molecular complexity index is 500. The molecule has 0 aliphatic carbocycles. The molecule has 0 N–H and O–H groups in total. The molecule has 0 saturated carbocycles. The topological polar surface area (TPSA) is 0 Å². The van der Waals surface area contributed by atoms with Gasteiger partial charge in [0.15, 0.2) is 0 Å². The molecular formula is C17H19Cl. The quantitative estimate of drug-likeness (QED) is 0.670. The molecule has 0 radical (unpaired) electrons. The maximum Gasteiger partial charge on any atom is 0.0487 e. The SMILES string of the molecule is CC(C)CCc1ccc(-c2ccccc2)c(Cl)c1. The third kappa shape index (κ3) is 3.36. The van der Waals surface area contributed by atoms with Crippen LogP contribution in [0.3, 0.4) is 0 Å². The largest absolute Gasteiger partial charge is 0.0837 e. The number of benzene rings is 2. The number of hydrogen-bond donors (Lipinski definition) is 0. The fourth-order valence-corrected chi connectivity index (χ4v) is 2.33. The van der Waals surface area contributed by atoms with Gasteiger partial charge in [-0.1, -0.05) is 67.9 Å². The highest BCUT2D eigenvalue weighted by Gasteiger charge is 2.04. The monoisotopic (exact) mass is 258 g/mol. The lowest BCUT2D eigenvalue weighted by Crippen LogP contribution is -1.92. The van der Waals surface area contributed by atoms with Gasteiger partial charge in [-0.25, -0.2) is 0 Å². The smallest absolute Gasteiger partial charge is 0.0487 e. The van der Waals surface area contributed by atoms with Crippen molar-refractivity contribution >= 4 is 11.6 Å².